The third kappa shape index (κ3) is 6.86. The molecule has 0 bridgehead atoms. The maximum Gasteiger partial charge on any atom is 0.339 e. The van der Waals surface area contributed by atoms with Crippen LogP contribution in [0.4, 0.5) is 11.5 Å². The van der Waals surface area contributed by atoms with Gasteiger partial charge in [-0.1, -0.05) is 6.07 Å². The van der Waals surface area contributed by atoms with Crippen LogP contribution in [-0.4, -0.2) is 64.3 Å². The Hall–Kier alpha value is -1.77. The van der Waals surface area contributed by atoms with Crippen LogP contribution in [0.25, 0.3) is 10.1 Å². The fourth-order valence-corrected chi connectivity index (χ4v) is 10.9. The zero-order chi connectivity index (χ0) is 27.3. The van der Waals surface area contributed by atoms with Crippen molar-refractivity contribution in [2.24, 2.45) is 0 Å². The fourth-order valence-electron chi connectivity index (χ4n) is 4.36. The van der Waals surface area contributed by atoms with E-state index in [4.69, 9.17) is 18.1 Å². The molecule has 1 aromatic carbocycles. The van der Waals surface area contributed by atoms with E-state index in [0.29, 0.717) is 0 Å². The number of hydrogen-bond donors (Lipinski definition) is 0. The Morgan fingerprint density at radius 1 is 1.13 bits per heavy atom. The maximum absolute atomic E-state index is 14.0. The van der Waals surface area contributed by atoms with E-state index in [2.05, 4.69) is 40.0 Å². The average molecular weight is 582 g/mol. The molecule has 0 radical (unpaired) electrons. The zero-order valence-electron chi connectivity index (χ0n) is 22.6. The lowest BCUT2D eigenvalue weighted by molar-refractivity contribution is 0.212. The summed E-state index contributed by atoms with van der Waals surface area (Å²) >= 11 is 1.50. The van der Waals surface area contributed by atoms with Crippen molar-refractivity contribution in [3.8, 4) is 0 Å². The van der Waals surface area contributed by atoms with Gasteiger partial charge in [-0.05, 0) is 62.6 Å². The molecular formula is C26H37N3O6P2S. The van der Waals surface area contributed by atoms with Crippen molar-refractivity contribution >= 4 is 48.1 Å². The van der Waals surface area contributed by atoms with E-state index in [1.54, 1.807) is 20.0 Å². The van der Waals surface area contributed by atoms with E-state index < -0.39 is 20.9 Å². The molecule has 0 N–H and O–H groups in total. The van der Waals surface area contributed by atoms with Crippen LogP contribution in [0.5, 0.6) is 0 Å². The molecule has 38 heavy (non-hydrogen) atoms. The van der Waals surface area contributed by atoms with E-state index in [1.807, 2.05) is 38.2 Å². The second kappa shape index (κ2) is 12.6. The van der Waals surface area contributed by atoms with Gasteiger partial charge in [0.1, 0.15) is 11.5 Å². The third-order valence-electron chi connectivity index (χ3n) is 6.34. The van der Waals surface area contributed by atoms with Crippen molar-refractivity contribution in [2.45, 2.75) is 32.5 Å². The molecule has 3 aromatic rings. The highest BCUT2D eigenvalue weighted by atomic mass is 32.1. The van der Waals surface area contributed by atoms with Crippen LogP contribution in [0.2, 0.25) is 0 Å². The predicted molar refractivity (Wildman–Crippen MR) is 155 cm³/mol. The number of aromatic nitrogens is 1. The van der Waals surface area contributed by atoms with Gasteiger partial charge in [0.05, 0.1) is 32.1 Å². The maximum atomic E-state index is 14.0. The summed E-state index contributed by atoms with van der Waals surface area (Å²) in [5.41, 5.74) is 0.304. The Morgan fingerprint density at radius 2 is 1.87 bits per heavy atom. The lowest BCUT2D eigenvalue weighted by Gasteiger charge is -2.26. The normalized spacial score (nSPS) is 20.6. The van der Waals surface area contributed by atoms with E-state index in [1.165, 1.54) is 11.3 Å². The molecule has 1 aliphatic heterocycles. The molecule has 3 heterocycles. The molecule has 1 aliphatic rings. The standard InChI is InChI=1S/C26H37N3O6P2S/c1-6-32-37(31,33-7-2)23(19-36(30)34-18-20(3)35-36)25-17-21-16-22(11-12-24(21)38-25)28(4)14-15-29(5)26-10-8-9-13-27-26/h8-13,16-17,20,23H,6-7,14-15,18-19H2,1-5H3/t20?,23-,36?/m1/s1. The van der Waals surface area contributed by atoms with Gasteiger partial charge in [0.15, 0.2) is 0 Å². The second-order valence-electron chi connectivity index (χ2n) is 9.30. The fraction of sp³-hybridized carbons (Fsp3) is 0.500. The zero-order valence-corrected chi connectivity index (χ0v) is 25.2. The molecule has 3 atom stereocenters. The van der Waals surface area contributed by atoms with Gasteiger partial charge in [-0.3, -0.25) is 9.13 Å². The van der Waals surface area contributed by atoms with Crippen molar-refractivity contribution in [3.05, 3.63) is 53.5 Å². The van der Waals surface area contributed by atoms with E-state index in [-0.39, 0.29) is 32.1 Å². The molecule has 0 saturated carbocycles. The second-order valence-corrected chi connectivity index (χ2v) is 14.7. The topological polar surface area (TPSA) is 90.4 Å². The highest BCUT2D eigenvalue weighted by molar-refractivity contribution is 7.58. The Balaban J connectivity index is 1.58. The molecule has 2 unspecified atom stereocenters. The smallest absolute Gasteiger partial charge is 0.339 e. The summed E-state index contributed by atoms with van der Waals surface area (Å²) < 4.78 is 51.0. The number of anilines is 2. The van der Waals surface area contributed by atoms with Gasteiger partial charge in [0.2, 0.25) is 0 Å². The lowest BCUT2D eigenvalue weighted by atomic mass is 10.2. The Labute approximate surface area is 229 Å². The van der Waals surface area contributed by atoms with Crippen molar-refractivity contribution in [3.63, 3.8) is 0 Å². The minimum absolute atomic E-state index is 0.0615. The molecule has 4 rings (SSSR count). The number of benzene rings is 1. The van der Waals surface area contributed by atoms with Crippen LogP contribution in [0, 0.1) is 0 Å². The van der Waals surface area contributed by atoms with Crippen LogP contribution in [0.3, 0.4) is 0 Å². The quantitative estimate of drug-likeness (QED) is 0.202. The van der Waals surface area contributed by atoms with Crippen LogP contribution >= 0.6 is 26.5 Å². The van der Waals surface area contributed by atoms with Gasteiger partial charge in [-0.15, -0.1) is 11.3 Å². The van der Waals surface area contributed by atoms with E-state index >= 15 is 0 Å². The summed E-state index contributed by atoms with van der Waals surface area (Å²) in [7, 11) is -3.00. The monoisotopic (exact) mass is 581 g/mol. The molecule has 0 spiro atoms. The summed E-state index contributed by atoms with van der Waals surface area (Å²) in [6.07, 6.45) is 1.45. The summed E-state index contributed by atoms with van der Waals surface area (Å²) in [4.78, 5) is 9.50. The van der Waals surface area contributed by atoms with Crippen LogP contribution in [-0.2, 0) is 27.2 Å². The number of rotatable bonds is 13. The van der Waals surface area contributed by atoms with E-state index in [9.17, 15) is 9.13 Å². The lowest BCUT2D eigenvalue weighted by Crippen LogP contribution is -2.31. The van der Waals surface area contributed by atoms with Gasteiger partial charge in [0.25, 0.3) is 0 Å². The van der Waals surface area contributed by atoms with Gasteiger partial charge in [0, 0.05) is 48.6 Å². The number of pyridine rings is 1. The highest BCUT2D eigenvalue weighted by Gasteiger charge is 2.46. The first-order valence-corrected chi connectivity index (χ1v) is 17.0. The summed E-state index contributed by atoms with van der Waals surface area (Å²) in [5.74, 6) is 0.932. The highest BCUT2D eigenvalue weighted by Crippen LogP contribution is 2.68. The van der Waals surface area contributed by atoms with E-state index in [0.717, 1.165) is 39.6 Å². The third-order valence-corrected chi connectivity index (χ3v) is 12.5. The SMILES string of the molecule is CCOP(=O)(OCC)[C@H](CP1(=O)OCC(C)O1)c1cc2cc(N(C)CCN(C)c3ccccn3)ccc2s1. The van der Waals surface area contributed by atoms with Gasteiger partial charge >= 0.3 is 15.2 Å². The van der Waals surface area contributed by atoms with Crippen LogP contribution in [0.15, 0.2) is 48.7 Å². The molecular weight excluding hydrogens is 544 g/mol. The predicted octanol–water partition coefficient (Wildman–Crippen LogP) is 6.80. The molecule has 1 fully saturated rings. The van der Waals surface area contributed by atoms with Crippen molar-refractivity contribution < 1.29 is 27.2 Å². The first-order valence-electron chi connectivity index (χ1n) is 12.8. The van der Waals surface area contributed by atoms with Crippen molar-refractivity contribution in [1.29, 1.82) is 0 Å². The average Bonchev–Trinajstić information content (AvgIpc) is 3.48. The molecule has 1 saturated heterocycles. The minimum Gasteiger partial charge on any atom is -0.373 e. The van der Waals surface area contributed by atoms with Crippen molar-refractivity contribution in [1.82, 2.24) is 4.98 Å². The molecule has 0 aliphatic carbocycles. The van der Waals surface area contributed by atoms with Crippen LogP contribution < -0.4 is 9.80 Å². The minimum atomic E-state index is -3.65. The Morgan fingerprint density at radius 3 is 2.50 bits per heavy atom. The Bertz CT molecular complexity index is 1300. The number of thiophene rings is 1. The first kappa shape index (κ1) is 29.2. The number of hydrogen-bond acceptors (Lipinski definition) is 10. The number of fused-ring (bicyclic) bond motifs is 1. The molecule has 2 aromatic heterocycles. The summed E-state index contributed by atoms with van der Waals surface area (Å²) in [5, 5.41) is 1.01. The first-order chi connectivity index (χ1) is 18.2. The number of likely N-dealkylation sites (N-methyl/N-ethyl adjacent to an activating group) is 2. The van der Waals surface area contributed by atoms with Crippen LogP contribution in [0.1, 0.15) is 31.3 Å². The molecule has 0 amide bonds. The molecule has 12 heteroatoms. The Kier molecular flexibility index (Phi) is 9.69. The number of nitrogens with zero attached hydrogens (tertiary/aromatic N) is 3. The molecule has 9 nitrogen and oxygen atoms in total. The summed E-state index contributed by atoms with van der Waals surface area (Å²) in [6.45, 7) is 7.63. The van der Waals surface area contributed by atoms with Gasteiger partial charge < -0.3 is 27.9 Å². The largest absolute Gasteiger partial charge is 0.373 e. The molecule has 208 valence electrons. The summed E-state index contributed by atoms with van der Waals surface area (Å²) in [6, 6.07) is 14.1. The van der Waals surface area contributed by atoms with Gasteiger partial charge in [-0.2, -0.15) is 0 Å². The van der Waals surface area contributed by atoms with Crippen molar-refractivity contribution in [2.75, 3.05) is 63.0 Å². The van der Waals surface area contributed by atoms with Gasteiger partial charge in [-0.25, -0.2) is 4.98 Å².